The molecule has 4 rings (SSSR count). The van der Waals surface area contributed by atoms with Crippen molar-refractivity contribution in [1.82, 2.24) is 4.57 Å². The fraction of sp³-hybridized carbons (Fsp3) is 0.158. The Hall–Kier alpha value is -3.03. The maximum absolute atomic E-state index is 13.1. The van der Waals surface area contributed by atoms with Gasteiger partial charge in [-0.3, -0.25) is 19.7 Å². The van der Waals surface area contributed by atoms with E-state index in [1.165, 1.54) is 22.8 Å². The maximum Gasteiger partial charge on any atom is 0.270 e. The molecular weight excluding hydrogens is 370 g/mol. The minimum Gasteiger partial charge on any atom is -0.330 e. The van der Waals surface area contributed by atoms with Crippen LogP contribution in [-0.4, -0.2) is 21.8 Å². The topological polar surface area (TPSA) is 108 Å². The number of nitro groups is 1. The molecule has 0 fully saturated rings. The average Bonchev–Trinajstić information content (AvgIpc) is 2.94. The van der Waals surface area contributed by atoms with Crippen LogP contribution in [-0.2, 0) is 6.54 Å². The van der Waals surface area contributed by atoms with Crippen molar-refractivity contribution in [1.29, 1.82) is 0 Å². The predicted molar refractivity (Wildman–Crippen MR) is 105 cm³/mol. The molecular formula is C19H16ClN3O4. The zero-order valence-corrected chi connectivity index (χ0v) is 15.0. The lowest BCUT2D eigenvalue weighted by molar-refractivity contribution is -0.384. The summed E-state index contributed by atoms with van der Waals surface area (Å²) in [6, 6.07) is 11.2. The molecule has 0 spiro atoms. The van der Waals surface area contributed by atoms with Gasteiger partial charge in [0.25, 0.3) is 11.2 Å². The second kappa shape index (κ2) is 6.94. The molecule has 1 heterocycles. The van der Waals surface area contributed by atoms with Crippen LogP contribution in [0.25, 0.3) is 22.0 Å². The second-order valence-corrected chi connectivity index (χ2v) is 6.18. The molecule has 2 N–H and O–H groups in total. The van der Waals surface area contributed by atoms with Crippen molar-refractivity contribution in [3.05, 3.63) is 74.1 Å². The van der Waals surface area contributed by atoms with E-state index in [-0.39, 0.29) is 34.8 Å². The molecule has 0 bridgehead atoms. The highest BCUT2D eigenvalue weighted by Crippen LogP contribution is 2.39. The molecule has 0 radical (unpaired) electrons. The number of hydrogen-bond acceptors (Lipinski definition) is 5. The number of hydrogen-bond donors (Lipinski definition) is 1. The van der Waals surface area contributed by atoms with Crippen LogP contribution >= 0.6 is 12.4 Å². The van der Waals surface area contributed by atoms with Gasteiger partial charge in [-0.2, -0.15) is 0 Å². The summed E-state index contributed by atoms with van der Waals surface area (Å²) < 4.78 is 1.53. The van der Waals surface area contributed by atoms with E-state index in [4.69, 9.17) is 5.73 Å². The van der Waals surface area contributed by atoms with Crippen LogP contribution in [0.4, 0.5) is 5.69 Å². The number of nitrogens with zero attached hydrogens (tertiary/aromatic N) is 2. The summed E-state index contributed by atoms with van der Waals surface area (Å²) >= 11 is 0. The molecule has 0 atom stereocenters. The van der Waals surface area contributed by atoms with Gasteiger partial charge in [-0.25, -0.2) is 0 Å². The van der Waals surface area contributed by atoms with Crippen LogP contribution in [0.1, 0.15) is 22.3 Å². The van der Waals surface area contributed by atoms with Gasteiger partial charge in [0.1, 0.15) is 0 Å². The lowest BCUT2D eigenvalue weighted by Crippen LogP contribution is -2.24. The van der Waals surface area contributed by atoms with Crippen molar-refractivity contribution in [2.75, 3.05) is 6.54 Å². The number of benzene rings is 2. The van der Waals surface area contributed by atoms with Crippen molar-refractivity contribution in [3.63, 3.8) is 0 Å². The summed E-state index contributed by atoms with van der Waals surface area (Å²) in [5, 5.41) is 11.7. The van der Waals surface area contributed by atoms with Gasteiger partial charge in [0.05, 0.1) is 21.6 Å². The fourth-order valence-electron chi connectivity index (χ4n) is 3.55. The maximum atomic E-state index is 13.1. The summed E-state index contributed by atoms with van der Waals surface area (Å²) in [5.74, 6) is -0.170. The predicted octanol–water partition coefficient (Wildman–Crippen LogP) is 2.89. The smallest absolute Gasteiger partial charge is 0.270 e. The summed E-state index contributed by atoms with van der Waals surface area (Å²) in [6.07, 6.45) is 0.559. The van der Waals surface area contributed by atoms with E-state index in [1.807, 2.05) is 12.1 Å². The van der Waals surface area contributed by atoms with Crippen molar-refractivity contribution < 1.29 is 9.72 Å². The SMILES string of the molecule is Cl.NCCCn1c2c(c3ccc([N+](=O)[O-])cc3c1=O)C(=O)c1ccccc1-2. The molecule has 0 saturated heterocycles. The molecule has 0 aliphatic heterocycles. The van der Waals surface area contributed by atoms with Crippen molar-refractivity contribution >= 4 is 34.7 Å². The zero-order valence-electron chi connectivity index (χ0n) is 14.2. The van der Waals surface area contributed by atoms with Crippen molar-refractivity contribution in [3.8, 4) is 11.3 Å². The largest absolute Gasteiger partial charge is 0.330 e. The molecule has 27 heavy (non-hydrogen) atoms. The lowest BCUT2D eigenvalue weighted by atomic mass is 10.0. The average molecular weight is 386 g/mol. The second-order valence-electron chi connectivity index (χ2n) is 6.18. The van der Waals surface area contributed by atoms with Gasteiger partial charge in [-0.15, -0.1) is 12.4 Å². The normalized spacial score (nSPS) is 11.8. The first-order valence-electron chi connectivity index (χ1n) is 8.23. The highest BCUT2D eigenvalue weighted by molar-refractivity contribution is 6.26. The highest BCUT2D eigenvalue weighted by atomic mass is 35.5. The number of halogens is 1. The van der Waals surface area contributed by atoms with Gasteiger partial charge >= 0.3 is 0 Å². The van der Waals surface area contributed by atoms with Gasteiger partial charge in [-0.05, 0) is 19.0 Å². The number of pyridine rings is 1. The lowest BCUT2D eigenvalue weighted by Gasteiger charge is -2.14. The van der Waals surface area contributed by atoms with Crippen molar-refractivity contribution in [2.45, 2.75) is 13.0 Å². The quantitative estimate of drug-likeness (QED) is 0.429. The number of rotatable bonds is 4. The van der Waals surface area contributed by atoms with Gasteiger partial charge in [0, 0.05) is 35.2 Å². The van der Waals surface area contributed by atoms with Crippen LogP contribution < -0.4 is 11.3 Å². The molecule has 1 aliphatic carbocycles. The van der Waals surface area contributed by atoms with Crippen molar-refractivity contribution in [2.24, 2.45) is 5.73 Å². The van der Waals surface area contributed by atoms with E-state index >= 15 is 0 Å². The summed E-state index contributed by atoms with van der Waals surface area (Å²) in [7, 11) is 0. The molecule has 8 heteroatoms. The first-order valence-corrected chi connectivity index (χ1v) is 8.23. The Morgan fingerprint density at radius 1 is 1.04 bits per heavy atom. The number of carbonyl (C=O) groups is 1. The number of ketones is 1. The molecule has 1 aliphatic rings. The number of aromatic nitrogens is 1. The minimum absolute atomic E-state index is 0. The fourth-order valence-corrected chi connectivity index (χ4v) is 3.55. The minimum atomic E-state index is -0.549. The first-order chi connectivity index (χ1) is 12.5. The number of nitro benzene ring substituents is 1. The van der Waals surface area contributed by atoms with E-state index in [0.717, 1.165) is 0 Å². The number of nitrogens with two attached hydrogens (primary N) is 1. The summed E-state index contributed by atoms with van der Waals surface area (Å²) in [6.45, 7) is 0.738. The first kappa shape index (κ1) is 18.8. The summed E-state index contributed by atoms with van der Waals surface area (Å²) in [5.41, 5.74) is 7.32. The van der Waals surface area contributed by atoms with E-state index in [1.54, 1.807) is 12.1 Å². The molecule has 138 valence electrons. The Bertz CT molecular complexity index is 1150. The van der Waals surface area contributed by atoms with E-state index in [9.17, 15) is 19.7 Å². The third kappa shape index (κ3) is 2.72. The Kier molecular flexibility index (Phi) is 4.82. The molecule has 7 nitrogen and oxygen atoms in total. The standard InChI is InChI=1S/C19H15N3O4.ClH/c20-8-3-9-21-17-13-4-1-2-5-14(13)18(23)16(17)12-7-6-11(22(25)26)10-15(12)19(21)24;/h1-2,4-7,10H,3,8-9,20H2;1H. The van der Waals surface area contributed by atoms with Gasteiger partial charge in [-0.1, -0.05) is 24.3 Å². The van der Waals surface area contributed by atoms with Crippen LogP contribution in [0.5, 0.6) is 0 Å². The Balaban J connectivity index is 0.00000210. The monoisotopic (exact) mass is 385 g/mol. The van der Waals surface area contributed by atoms with Gasteiger partial charge in [0.2, 0.25) is 0 Å². The molecule has 0 saturated carbocycles. The van der Waals surface area contributed by atoms with E-state index in [2.05, 4.69) is 0 Å². The summed E-state index contributed by atoms with van der Waals surface area (Å²) in [4.78, 5) is 36.6. The van der Waals surface area contributed by atoms with E-state index < -0.39 is 4.92 Å². The Morgan fingerprint density at radius 3 is 2.41 bits per heavy atom. The third-order valence-corrected chi connectivity index (χ3v) is 4.71. The Morgan fingerprint density at radius 2 is 1.74 bits per heavy atom. The zero-order chi connectivity index (χ0) is 18.4. The number of non-ortho nitro benzene ring substituents is 1. The highest BCUT2D eigenvalue weighted by Gasteiger charge is 2.32. The van der Waals surface area contributed by atoms with Crippen LogP contribution in [0.15, 0.2) is 47.3 Å². The van der Waals surface area contributed by atoms with Gasteiger partial charge < -0.3 is 10.3 Å². The van der Waals surface area contributed by atoms with Gasteiger partial charge in [0.15, 0.2) is 5.78 Å². The Labute approximate surface area is 160 Å². The van der Waals surface area contributed by atoms with Crippen LogP contribution in [0, 0.1) is 10.1 Å². The number of carbonyl (C=O) groups excluding carboxylic acids is 1. The molecule has 0 amide bonds. The third-order valence-electron chi connectivity index (χ3n) is 4.71. The van der Waals surface area contributed by atoms with Crippen LogP contribution in [0.3, 0.4) is 0 Å². The molecule has 2 aromatic carbocycles. The molecule has 1 aromatic heterocycles. The molecule has 0 unspecified atom stereocenters. The molecule has 3 aromatic rings. The number of fused-ring (bicyclic) bond motifs is 5. The van der Waals surface area contributed by atoms with Crippen LogP contribution in [0.2, 0.25) is 0 Å². The van der Waals surface area contributed by atoms with E-state index in [0.29, 0.717) is 47.3 Å².